The van der Waals surface area contributed by atoms with Crippen molar-refractivity contribution in [2.45, 2.75) is 25.3 Å². The number of piperidine rings is 1. The highest BCUT2D eigenvalue weighted by Gasteiger charge is 2.30. The van der Waals surface area contributed by atoms with Crippen LogP contribution >= 0.6 is 0 Å². The Morgan fingerprint density at radius 2 is 2.13 bits per heavy atom. The summed E-state index contributed by atoms with van der Waals surface area (Å²) in [5.41, 5.74) is 10.3. The molecule has 1 saturated heterocycles. The molecule has 1 aromatic heterocycles. The number of carbonyl (C=O) groups is 1. The number of rotatable bonds is 1. The minimum Gasteiger partial charge on any atom is -0.400 e. The van der Waals surface area contributed by atoms with Crippen molar-refractivity contribution in [3.05, 3.63) is 58.8 Å². The highest BCUT2D eigenvalue weighted by atomic mass is 19.1. The van der Waals surface area contributed by atoms with Gasteiger partial charge in [-0.05, 0) is 49.1 Å². The number of aromatic nitrogens is 2. The first-order valence-corrected chi connectivity index (χ1v) is 10.1. The van der Waals surface area contributed by atoms with Crippen LogP contribution in [0.1, 0.15) is 46.9 Å². The normalized spacial score (nSPS) is 20.0. The van der Waals surface area contributed by atoms with Gasteiger partial charge in [-0.25, -0.2) is 4.39 Å². The Bertz CT molecular complexity index is 1030. The van der Waals surface area contributed by atoms with Gasteiger partial charge in [0.05, 0.1) is 30.0 Å². The van der Waals surface area contributed by atoms with Gasteiger partial charge in [0.2, 0.25) is 0 Å². The van der Waals surface area contributed by atoms with Crippen molar-refractivity contribution in [1.82, 2.24) is 15.1 Å². The van der Waals surface area contributed by atoms with Gasteiger partial charge < -0.3 is 15.5 Å². The first-order valence-electron chi connectivity index (χ1n) is 10.1. The highest BCUT2D eigenvalue weighted by molar-refractivity contribution is 6.08. The lowest BCUT2D eigenvalue weighted by atomic mass is 9.90. The summed E-state index contributed by atoms with van der Waals surface area (Å²) in [6.45, 7) is 1.00. The van der Waals surface area contributed by atoms with Crippen molar-refractivity contribution in [1.29, 1.82) is 0 Å². The molecule has 1 unspecified atom stereocenters. The molecular formula is C22H26FN6O+. The Kier molecular flexibility index (Phi) is 5.48. The average molecular weight is 409 g/mol. The van der Waals surface area contributed by atoms with E-state index in [1.807, 2.05) is 6.07 Å². The molecule has 0 radical (unpaired) electrons. The molecule has 3 heterocycles. The van der Waals surface area contributed by atoms with Crippen LogP contribution in [0.15, 0.2) is 36.2 Å². The van der Waals surface area contributed by atoms with Crippen LogP contribution in [-0.4, -0.2) is 54.4 Å². The van der Waals surface area contributed by atoms with Gasteiger partial charge in [-0.15, -0.1) is 0 Å². The second kappa shape index (κ2) is 8.22. The maximum atomic E-state index is 14.2. The Labute approximate surface area is 175 Å². The number of fused-ring (bicyclic) bond motifs is 6. The van der Waals surface area contributed by atoms with Crippen LogP contribution in [0, 0.1) is 5.82 Å². The quantitative estimate of drug-likeness (QED) is 0.683. The molecule has 156 valence electrons. The lowest BCUT2D eigenvalue weighted by Gasteiger charge is -2.39. The number of benzene rings is 1. The monoisotopic (exact) mass is 409 g/mol. The molecule has 2 aromatic rings. The van der Waals surface area contributed by atoms with E-state index in [-0.39, 0.29) is 24.3 Å². The summed E-state index contributed by atoms with van der Waals surface area (Å²) in [7, 11) is 3.49. The smallest absolute Gasteiger partial charge is 0.254 e. The molecular weight excluding hydrogens is 383 g/mol. The van der Waals surface area contributed by atoms with Crippen LogP contribution < -0.4 is 15.6 Å². The fraction of sp³-hybridized carbons (Fsp3) is 0.364. The molecule has 30 heavy (non-hydrogen) atoms. The zero-order chi connectivity index (χ0) is 21.3. The van der Waals surface area contributed by atoms with Gasteiger partial charge in [0, 0.05) is 24.9 Å². The van der Waals surface area contributed by atoms with E-state index in [9.17, 15) is 9.18 Å². The van der Waals surface area contributed by atoms with Crippen molar-refractivity contribution >= 4 is 23.4 Å². The lowest BCUT2D eigenvalue weighted by molar-refractivity contribution is -0.412. The van der Waals surface area contributed by atoms with Crippen molar-refractivity contribution in [3.63, 3.8) is 0 Å². The largest absolute Gasteiger partial charge is 0.400 e. The molecule has 2 aliphatic heterocycles. The summed E-state index contributed by atoms with van der Waals surface area (Å²) in [6.07, 6.45) is 6.34. The number of anilines is 1. The van der Waals surface area contributed by atoms with E-state index in [0.29, 0.717) is 28.1 Å². The molecule has 4 rings (SSSR count). The van der Waals surface area contributed by atoms with Gasteiger partial charge in [-0.2, -0.15) is 10.2 Å². The third-order valence-corrected chi connectivity index (χ3v) is 5.74. The van der Waals surface area contributed by atoms with Crippen LogP contribution in [-0.2, 0) is 0 Å². The van der Waals surface area contributed by atoms with Crippen LogP contribution in [0.3, 0.4) is 0 Å². The molecule has 1 aromatic carbocycles. The van der Waals surface area contributed by atoms with Crippen molar-refractivity contribution in [2.75, 3.05) is 32.1 Å². The fourth-order valence-corrected chi connectivity index (χ4v) is 4.31. The zero-order valence-corrected chi connectivity index (χ0v) is 17.2. The first kappa shape index (κ1) is 20.0. The van der Waals surface area contributed by atoms with Crippen LogP contribution in [0.2, 0.25) is 0 Å². The Hall–Kier alpha value is -3.29. The molecule has 3 N–H and O–H groups in total. The SMILES string of the molecule is C[NH+]=CC1=C(N)CN(C)C(=O)c2ccc(F)cc2C2CCCCN2c2cnnc1c2. The molecule has 1 amide bonds. The van der Waals surface area contributed by atoms with E-state index in [2.05, 4.69) is 20.1 Å². The van der Waals surface area contributed by atoms with E-state index in [0.717, 1.165) is 31.5 Å². The number of likely N-dealkylation sites (N-methyl/N-ethyl adjacent to an activating group) is 1. The number of carbonyl (C=O) groups excluding carboxylic acids is 1. The molecule has 1 fully saturated rings. The topological polar surface area (TPSA) is 89.3 Å². The van der Waals surface area contributed by atoms with Gasteiger partial charge in [-0.3, -0.25) is 9.79 Å². The maximum Gasteiger partial charge on any atom is 0.254 e. The van der Waals surface area contributed by atoms with Gasteiger partial charge in [-0.1, -0.05) is 0 Å². The molecule has 0 spiro atoms. The summed E-state index contributed by atoms with van der Waals surface area (Å²) in [5, 5.41) is 8.49. The van der Waals surface area contributed by atoms with Crippen molar-refractivity contribution < 1.29 is 14.2 Å². The van der Waals surface area contributed by atoms with Crippen LogP contribution in [0.5, 0.6) is 0 Å². The second-order valence-corrected chi connectivity index (χ2v) is 7.77. The van der Waals surface area contributed by atoms with Gasteiger partial charge in [0.25, 0.3) is 5.91 Å². The van der Waals surface area contributed by atoms with E-state index in [1.54, 1.807) is 37.5 Å². The number of nitrogens with one attached hydrogen (secondary N) is 1. The predicted octanol–water partition coefficient (Wildman–Crippen LogP) is 0.884. The second-order valence-electron chi connectivity index (χ2n) is 7.77. The summed E-state index contributed by atoms with van der Waals surface area (Å²) < 4.78 is 14.2. The minimum atomic E-state index is -0.347. The van der Waals surface area contributed by atoms with Gasteiger partial charge in [0.1, 0.15) is 18.6 Å². The van der Waals surface area contributed by atoms with E-state index < -0.39 is 0 Å². The first-order chi connectivity index (χ1) is 14.5. The summed E-state index contributed by atoms with van der Waals surface area (Å²) in [6, 6.07) is 6.26. The van der Waals surface area contributed by atoms with Crippen LogP contribution in [0.25, 0.3) is 5.57 Å². The molecule has 1 atom stereocenters. The van der Waals surface area contributed by atoms with E-state index >= 15 is 0 Å². The predicted molar refractivity (Wildman–Crippen MR) is 113 cm³/mol. The molecule has 8 heteroatoms. The van der Waals surface area contributed by atoms with E-state index in [1.165, 1.54) is 12.1 Å². The summed E-state index contributed by atoms with van der Waals surface area (Å²) in [5.74, 6) is -0.529. The molecule has 2 aliphatic rings. The number of hydrogen-bond donors (Lipinski definition) is 2. The maximum absolute atomic E-state index is 14.2. The zero-order valence-electron chi connectivity index (χ0n) is 17.2. The molecule has 0 aliphatic carbocycles. The average Bonchev–Trinajstić information content (AvgIpc) is 2.76. The third kappa shape index (κ3) is 3.65. The Balaban J connectivity index is 1.96. The minimum absolute atomic E-state index is 0.115. The van der Waals surface area contributed by atoms with E-state index in [4.69, 9.17) is 5.73 Å². The molecule has 0 saturated carbocycles. The number of allylic oxidation sites excluding steroid dienone is 1. The summed E-state index contributed by atoms with van der Waals surface area (Å²) in [4.78, 5) is 20.1. The van der Waals surface area contributed by atoms with Gasteiger partial charge >= 0.3 is 0 Å². The highest BCUT2D eigenvalue weighted by Crippen LogP contribution is 2.37. The lowest BCUT2D eigenvalue weighted by Crippen LogP contribution is -2.63. The number of hydrogen-bond acceptors (Lipinski definition) is 5. The number of amides is 1. The Morgan fingerprint density at radius 3 is 2.93 bits per heavy atom. The number of halogens is 1. The number of nitrogens with two attached hydrogens (primary N) is 1. The van der Waals surface area contributed by atoms with Gasteiger partial charge in [0.15, 0.2) is 6.21 Å². The Morgan fingerprint density at radius 1 is 1.30 bits per heavy atom. The number of nitrogens with zero attached hydrogens (tertiary/aromatic N) is 4. The molecule has 2 bridgehead atoms. The molecule has 7 nitrogen and oxygen atoms in total. The standard InChI is InChI=1S/C22H25FN6O/c1-25-12-18-19(24)13-28(2)22(30)16-7-6-14(23)9-17(16)21-5-3-4-8-29(21)15-10-20(18)27-26-11-15/h6-7,9-12,21H,3-5,8,13,24H2,1-2H3/p+1. The third-order valence-electron chi connectivity index (χ3n) is 5.74. The van der Waals surface area contributed by atoms with Crippen molar-refractivity contribution in [3.8, 4) is 0 Å². The van der Waals surface area contributed by atoms with Crippen molar-refractivity contribution in [2.24, 2.45) is 5.73 Å². The van der Waals surface area contributed by atoms with Crippen LogP contribution in [0.4, 0.5) is 10.1 Å². The summed E-state index contributed by atoms with van der Waals surface area (Å²) >= 11 is 0. The fourth-order valence-electron chi connectivity index (χ4n) is 4.31.